The summed E-state index contributed by atoms with van der Waals surface area (Å²) in [6.45, 7) is 6.65. The van der Waals surface area contributed by atoms with Crippen molar-refractivity contribution < 1.29 is 8.42 Å². The highest BCUT2D eigenvalue weighted by atomic mass is 35.5. The first-order chi connectivity index (χ1) is 9.07. The van der Waals surface area contributed by atoms with Crippen molar-refractivity contribution in [1.29, 1.82) is 0 Å². The summed E-state index contributed by atoms with van der Waals surface area (Å²) >= 11 is 12.1. The van der Waals surface area contributed by atoms with Gasteiger partial charge in [0.2, 0.25) is 10.0 Å². The number of rotatable bonds is 5. The van der Waals surface area contributed by atoms with Crippen LogP contribution in [0.2, 0.25) is 10.0 Å². The van der Waals surface area contributed by atoms with Crippen LogP contribution in [0.4, 0.5) is 0 Å². The van der Waals surface area contributed by atoms with Crippen molar-refractivity contribution in [2.75, 3.05) is 13.6 Å². The molecule has 0 atom stereocenters. The molecule has 4 nitrogen and oxygen atoms in total. The molecule has 2 N–H and O–H groups in total. The third-order valence-corrected chi connectivity index (χ3v) is 4.77. The van der Waals surface area contributed by atoms with Crippen molar-refractivity contribution in [3.05, 3.63) is 27.7 Å². The molecule has 0 heterocycles. The van der Waals surface area contributed by atoms with Gasteiger partial charge in [-0.2, -0.15) is 0 Å². The van der Waals surface area contributed by atoms with Crippen LogP contribution in [0.3, 0.4) is 0 Å². The van der Waals surface area contributed by atoms with Crippen LogP contribution in [0, 0.1) is 5.41 Å². The maximum atomic E-state index is 12.3. The second-order valence-corrected chi connectivity index (χ2v) is 8.34. The first-order valence-corrected chi connectivity index (χ1v) is 8.43. The lowest BCUT2D eigenvalue weighted by Crippen LogP contribution is -2.32. The van der Waals surface area contributed by atoms with E-state index in [2.05, 4.69) is 10.0 Å². The Morgan fingerprint density at radius 2 is 1.75 bits per heavy atom. The molecule has 0 aliphatic rings. The monoisotopic (exact) mass is 338 g/mol. The average molecular weight is 339 g/mol. The van der Waals surface area contributed by atoms with Gasteiger partial charge in [0, 0.05) is 18.1 Å². The number of benzene rings is 1. The highest BCUT2D eigenvalue weighted by Crippen LogP contribution is 2.29. The van der Waals surface area contributed by atoms with Crippen LogP contribution in [0.15, 0.2) is 17.0 Å². The second kappa shape index (κ2) is 6.62. The SMILES string of the molecule is CNCc1cc(S(=O)(=O)NCC(C)(C)C)c(Cl)cc1Cl. The summed E-state index contributed by atoms with van der Waals surface area (Å²) in [6, 6.07) is 2.97. The van der Waals surface area contributed by atoms with E-state index in [1.165, 1.54) is 12.1 Å². The summed E-state index contributed by atoms with van der Waals surface area (Å²) in [5.41, 5.74) is 0.537. The minimum atomic E-state index is -3.65. The minimum absolute atomic E-state index is 0.0538. The van der Waals surface area contributed by atoms with E-state index in [4.69, 9.17) is 23.2 Å². The van der Waals surface area contributed by atoms with Crippen LogP contribution in [0.25, 0.3) is 0 Å². The fourth-order valence-electron chi connectivity index (χ4n) is 1.49. The van der Waals surface area contributed by atoms with Gasteiger partial charge in [-0.3, -0.25) is 0 Å². The Morgan fingerprint density at radius 3 is 2.25 bits per heavy atom. The minimum Gasteiger partial charge on any atom is -0.316 e. The van der Waals surface area contributed by atoms with E-state index in [0.717, 1.165) is 0 Å². The average Bonchev–Trinajstić information content (AvgIpc) is 2.29. The lowest BCUT2D eigenvalue weighted by atomic mass is 9.98. The van der Waals surface area contributed by atoms with Gasteiger partial charge in [-0.15, -0.1) is 0 Å². The summed E-state index contributed by atoms with van der Waals surface area (Å²) in [6.07, 6.45) is 0. The molecule has 0 amide bonds. The quantitative estimate of drug-likeness (QED) is 0.867. The number of hydrogen-bond acceptors (Lipinski definition) is 3. The summed E-state index contributed by atoms with van der Waals surface area (Å²) in [5, 5.41) is 3.50. The van der Waals surface area contributed by atoms with Crippen molar-refractivity contribution in [3.63, 3.8) is 0 Å². The zero-order valence-electron chi connectivity index (χ0n) is 12.0. The Bertz CT molecular complexity index is 581. The molecule has 0 saturated heterocycles. The third kappa shape index (κ3) is 4.90. The third-order valence-electron chi connectivity index (χ3n) is 2.55. The molecule has 0 aliphatic heterocycles. The van der Waals surface area contributed by atoms with Gasteiger partial charge < -0.3 is 5.32 Å². The highest BCUT2D eigenvalue weighted by molar-refractivity contribution is 7.89. The molecule has 1 aromatic rings. The summed E-state index contributed by atoms with van der Waals surface area (Å²) in [5.74, 6) is 0. The van der Waals surface area contributed by atoms with Crippen LogP contribution in [-0.4, -0.2) is 22.0 Å². The summed E-state index contributed by atoms with van der Waals surface area (Å²) in [7, 11) is -1.89. The molecule has 0 spiro atoms. The van der Waals surface area contributed by atoms with E-state index in [1.807, 2.05) is 20.8 Å². The summed E-state index contributed by atoms with van der Waals surface area (Å²) in [4.78, 5) is 0.0538. The van der Waals surface area contributed by atoms with E-state index in [-0.39, 0.29) is 15.3 Å². The molecule has 20 heavy (non-hydrogen) atoms. The smallest absolute Gasteiger partial charge is 0.242 e. The molecule has 1 aromatic carbocycles. The molecule has 0 saturated carbocycles. The Morgan fingerprint density at radius 1 is 1.15 bits per heavy atom. The standard InChI is InChI=1S/C13H20Cl2N2O2S/c1-13(2,3)8-17-20(18,19)12-5-9(7-16-4)10(14)6-11(12)15/h5-6,16-17H,7-8H2,1-4H3. The van der Waals surface area contributed by atoms with E-state index in [0.29, 0.717) is 23.7 Å². The largest absolute Gasteiger partial charge is 0.316 e. The fourth-order valence-corrected chi connectivity index (χ4v) is 3.64. The van der Waals surface area contributed by atoms with Gasteiger partial charge in [-0.1, -0.05) is 44.0 Å². The molecular formula is C13H20Cl2N2O2S. The van der Waals surface area contributed by atoms with Crippen molar-refractivity contribution in [2.45, 2.75) is 32.2 Å². The van der Waals surface area contributed by atoms with Crippen LogP contribution in [0.5, 0.6) is 0 Å². The van der Waals surface area contributed by atoms with Gasteiger partial charge in [0.25, 0.3) is 0 Å². The van der Waals surface area contributed by atoms with Crippen LogP contribution >= 0.6 is 23.2 Å². The molecule has 7 heteroatoms. The lowest BCUT2D eigenvalue weighted by Gasteiger charge is -2.19. The van der Waals surface area contributed by atoms with Crippen molar-refractivity contribution in [3.8, 4) is 0 Å². The molecule has 0 radical (unpaired) electrons. The number of halogens is 2. The van der Waals surface area contributed by atoms with Crippen LogP contribution < -0.4 is 10.0 Å². The molecule has 0 aromatic heterocycles. The van der Waals surface area contributed by atoms with Gasteiger partial charge in [0.05, 0.1) is 5.02 Å². The number of nitrogens with one attached hydrogen (secondary N) is 2. The zero-order chi connectivity index (χ0) is 15.6. The Balaban J connectivity index is 3.14. The summed E-state index contributed by atoms with van der Waals surface area (Å²) < 4.78 is 27.2. The molecule has 0 fully saturated rings. The van der Waals surface area contributed by atoms with Crippen molar-refractivity contribution in [2.24, 2.45) is 5.41 Å². The molecule has 0 aliphatic carbocycles. The molecule has 0 bridgehead atoms. The molecular weight excluding hydrogens is 319 g/mol. The van der Waals surface area contributed by atoms with E-state index < -0.39 is 10.0 Å². The van der Waals surface area contributed by atoms with Gasteiger partial charge in [-0.25, -0.2) is 13.1 Å². The molecule has 0 unspecified atom stereocenters. The van der Waals surface area contributed by atoms with Gasteiger partial charge in [0.1, 0.15) is 4.90 Å². The van der Waals surface area contributed by atoms with Crippen LogP contribution in [-0.2, 0) is 16.6 Å². The van der Waals surface area contributed by atoms with Gasteiger partial charge >= 0.3 is 0 Å². The molecule has 1 rings (SSSR count). The van der Waals surface area contributed by atoms with E-state index in [9.17, 15) is 8.42 Å². The normalized spacial score (nSPS) is 12.7. The second-order valence-electron chi connectivity index (χ2n) is 5.79. The maximum absolute atomic E-state index is 12.3. The number of sulfonamides is 1. The Hall–Kier alpha value is -0.330. The maximum Gasteiger partial charge on any atom is 0.242 e. The van der Waals surface area contributed by atoms with E-state index in [1.54, 1.807) is 7.05 Å². The fraction of sp³-hybridized carbons (Fsp3) is 0.538. The lowest BCUT2D eigenvalue weighted by molar-refractivity contribution is 0.407. The Kier molecular flexibility index (Phi) is 5.87. The zero-order valence-corrected chi connectivity index (χ0v) is 14.4. The van der Waals surface area contributed by atoms with Crippen molar-refractivity contribution in [1.82, 2.24) is 10.0 Å². The topological polar surface area (TPSA) is 58.2 Å². The van der Waals surface area contributed by atoms with Gasteiger partial charge in [0.15, 0.2) is 0 Å². The Labute approximate surface area is 130 Å². The first-order valence-electron chi connectivity index (χ1n) is 6.19. The van der Waals surface area contributed by atoms with E-state index >= 15 is 0 Å². The number of hydrogen-bond donors (Lipinski definition) is 2. The van der Waals surface area contributed by atoms with Gasteiger partial charge in [-0.05, 0) is 30.2 Å². The van der Waals surface area contributed by atoms with Crippen LogP contribution in [0.1, 0.15) is 26.3 Å². The van der Waals surface area contributed by atoms with Crippen molar-refractivity contribution >= 4 is 33.2 Å². The first kappa shape index (κ1) is 17.7. The molecule has 114 valence electrons. The predicted octanol–water partition coefficient (Wildman–Crippen LogP) is 3.04. The highest BCUT2D eigenvalue weighted by Gasteiger charge is 2.22. The predicted molar refractivity (Wildman–Crippen MR) is 83.9 cm³/mol.